The van der Waals surface area contributed by atoms with Gasteiger partial charge in [0.2, 0.25) is 0 Å². The highest BCUT2D eigenvalue weighted by molar-refractivity contribution is 7.57. The molecule has 0 atom stereocenters. The van der Waals surface area contributed by atoms with Gasteiger partial charge in [0.05, 0.1) is 5.69 Å². The number of benzene rings is 1. The zero-order valence-electron chi connectivity index (χ0n) is 12.6. The van der Waals surface area contributed by atoms with Gasteiger partial charge in [0.25, 0.3) is 5.91 Å². The van der Waals surface area contributed by atoms with Crippen molar-refractivity contribution in [2.24, 2.45) is 0 Å². The zero-order chi connectivity index (χ0) is 17.2. The maximum atomic E-state index is 12.0. The van der Waals surface area contributed by atoms with E-state index < -0.39 is 25.8 Å². The van der Waals surface area contributed by atoms with Gasteiger partial charge in [-0.15, -0.1) is 7.92 Å². The maximum Gasteiger partial charge on any atom is 0.303 e. The van der Waals surface area contributed by atoms with E-state index in [1.807, 2.05) is 0 Å². The maximum absolute atomic E-state index is 12.0. The number of rotatable bonds is 10. The Balaban J connectivity index is 2.52. The van der Waals surface area contributed by atoms with Crippen molar-refractivity contribution < 1.29 is 29.8 Å². The van der Waals surface area contributed by atoms with Gasteiger partial charge in [0.15, 0.2) is 0 Å². The average Bonchev–Trinajstić information content (AvgIpc) is 2.53. The monoisotopic (exact) mass is 341 g/mol. The van der Waals surface area contributed by atoms with Crippen LogP contribution in [0.2, 0.25) is 0 Å². The minimum atomic E-state index is -0.938. The molecule has 0 heterocycles. The molecular formula is C15H20NO6P. The first kappa shape index (κ1) is 19.1. The predicted octanol–water partition coefficient (Wildman–Crippen LogP) is 2.23. The number of amides is 1. The molecule has 1 aromatic carbocycles. The van der Waals surface area contributed by atoms with Crippen LogP contribution in [0.5, 0.6) is 0 Å². The fourth-order valence-electron chi connectivity index (χ4n) is 1.92. The molecule has 3 N–H and O–H groups in total. The lowest BCUT2D eigenvalue weighted by molar-refractivity contribution is -0.137. The third-order valence-electron chi connectivity index (χ3n) is 3.16. The van der Waals surface area contributed by atoms with Crippen molar-refractivity contribution in [3.63, 3.8) is 0 Å². The van der Waals surface area contributed by atoms with Gasteiger partial charge in [0.1, 0.15) is 0 Å². The Hall–Kier alpha value is -1.98. The second-order valence-corrected chi connectivity index (χ2v) is 7.60. The van der Waals surface area contributed by atoms with Gasteiger partial charge in [-0.2, -0.15) is 5.06 Å². The second kappa shape index (κ2) is 9.92. The first-order chi connectivity index (χ1) is 10.9. The molecule has 7 nitrogen and oxygen atoms in total. The van der Waals surface area contributed by atoms with Crippen LogP contribution in [0, 0.1) is 0 Å². The van der Waals surface area contributed by atoms with Crippen LogP contribution in [0.1, 0.15) is 19.3 Å². The van der Waals surface area contributed by atoms with E-state index in [1.54, 1.807) is 30.3 Å². The number of hydrogen-bond donors (Lipinski definition) is 3. The zero-order valence-corrected chi connectivity index (χ0v) is 13.5. The van der Waals surface area contributed by atoms with Crippen molar-refractivity contribution >= 4 is 31.5 Å². The third-order valence-corrected chi connectivity index (χ3v) is 5.73. The molecule has 0 saturated heterocycles. The number of aliphatic carboxylic acids is 2. The van der Waals surface area contributed by atoms with Crippen molar-refractivity contribution in [1.29, 1.82) is 0 Å². The number of hydroxylamine groups is 1. The number of carboxylic acid groups (broad SMARTS) is 2. The highest BCUT2D eigenvalue weighted by Crippen LogP contribution is 2.38. The molecule has 0 spiro atoms. The molecule has 0 saturated carbocycles. The molecule has 0 aliphatic heterocycles. The van der Waals surface area contributed by atoms with E-state index >= 15 is 0 Å². The molecule has 0 aliphatic rings. The Labute approximate surface area is 135 Å². The van der Waals surface area contributed by atoms with Gasteiger partial charge < -0.3 is 10.2 Å². The summed E-state index contributed by atoms with van der Waals surface area (Å²) in [6.45, 7) is 0. The van der Waals surface area contributed by atoms with Crippen LogP contribution in [-0.4, -0.2) is 51.8 Å². The van der Waals surface area contributed by atoms with Crippen molar-refractivity contribution in [2.75, 3.05) is 23.5 Å². The molecule has 1 aromatic rings. The molecule has 23 heavy (non-hydrogen) atoms. The van der Waals surface area contributed by atoms with Crippen LogP contribution in [0.25, 0.3) is 0 Å². The Morgan fingerprint density at radius 3 is 1.83 bits per heavy atom. The van der Waals surface area contributed by atoms with E-state index in [0.717, 1.165) is 0 Å². The van der Waals surface area contributed by atoms with Crippen LogP contribution < -0.4 is 5.06 Å². The molecule has 1 rings (SSSR count). The molecular weight excluding hydrogens is 321 g/mol. The van der Waals surface area contributed by atoms with Gasteiger partial charge in [-0.3, -0.25) is 19.6 Å². The summed E-state index contributed by atoms with van der Waals surface area (Å²) in [4.78, 5) is 33.3. The van der Waals surface area contributed by atoms with Crippen LogP contribution >= 0.6 is 7.92 Å². The second-order valence-electron chi connectivity index (χ2n) is 4.92. The van der Waals surface area contributed by atoms with Crippen molar-refractivity contribution in [3.8, 4) is 0 Å². The van der Waals surface area contributed by atoms with Gasteiger partial charge in [-0.1, -0.05) is 18.2 Å². The van der Waals surface area contributed by atoms with Crippen LogP contribution in [0.15, 0.2) is 30.3 Å². The Kier molecular flexibility index (Phi) is 8.22. The quantitative estimate of drug-likeness (QED) is 0.341. The highest BCUT2D eigenvalue weighted by Gasteiger charge is 2.17. The number of hydrogen-bond acceptors (Lipinski definition) is 4. The Bertz CT molecular complexity index is 518. The summed E-state index contributed by atoms with van der Waals surface area (Å²) in [5.41, 5.74) is 0.359. The van der Waals surface area contributed by atoms with Crippen molar-refractivity contribution in [1.82, 2.24) is 0 Å². The van der Waals surface area contributed by atoms with Gasteiger partial charge in [-0.25, -0.2) is 0 Å². The van der Waals surface area contributed by atoms with Crippen molar-refractivity contribution in [2.45, 2.75) is 19.3 Å². The first-order valence-corrected chi connectivity index (χ1v) is 9.02. The molecule has 0 aliphatic carbocycles. The van der Waals surface area contributed by atoms with Crippen LogP contribution in [-0.2, 0) is 14.4 Å². The standard InChI is InChI=1S/C15H20NO6P/c17-13(16(22)12-4-2-1-3-5-12)6-9-23(10-7-14(18)19)11-8-15(20)21/h1-5,22H,6-11H2,(H,18,19)(H,20,21). The molecule has 8 heteroatoms. The van der Waals surface area contributed by atoms with Crippen molar-refractivity contribution in [3.05, 3.63) is 30.3 Å². The lowest BCUT2D eigenvalue weighted by atomic mass is 10.3. The molecule has 0 bridgehead atoms. The summed E-state index contributed by atoms with van der Waals surface area (Å²) in [6.07, 6.45) is 1.13. The summed E-state index contributed by atoms with van der Waals surface area (Å²) in [6, 6.07) is 8.33. The molecule has 0 unspecified atom stereocenters. The van der Waals surface area contributed by atoms with E-state index in [9.17, 15) is 19.6 Å². The number of para-hydroxylation sites is 1. The van der Waals surface area contributed by atoms with E-state index in [4.69, 9.17) is 10.2 Å². The number of nitrogens with zero attached hydrogens (tertiary/aromatic N) is 1. The molecule has 0 fully saturated rings. The number of anilines is 1. The highest BCUT2D eigenvalue weighted by atomic mass is 31.1. The van der Waals surface area contributed by atoms with E-state index in [-0.39, 0.29) is 19.3 Å². The third kappa shape index (κ3) is 7.72. The molecule has 0 radical (unpaired) electrons. The minimum absolute atomic E-state index is 0.0406. The lowest BCUT2D eigenvalue weighted by Gasteiger charge is -2.18. The smallest absolute Gasteiger partial charge is 0.303 e. The molecule has 0 aromatic heterocycles. The minimum Gasteiger partial charge on any atom is -0.481 e. The lowest BCUT2D eigenvalue weighted by Crippen LogP contribution is -2.27. The summed E-state index contributed by atoms with van der Waals surface area (Å²) >= 11 is 0. The SMILES string of the molecule is O=C(O)CCP(CCC(=O)O)CCC(=O)N(O)c1ccccc1. The number of carboxylic acids is 2. The van der Waals surface area contributed by atoms with Gasteiger partial charge in [-0.05, 0) is 30.6 Å². The average molecular weight is 341 g/mol. The fourth-order valence-corrected chi connectivity index (χ4v) is 4.11. The molecule has 126 valence electrons. The topological polar surface area (TPSA) is 115 Å². The van der Waals surface area contributed by atoms with Gasteiger partial charge in [0, 0.05) is 19.3 Å². The largest absolute Gasteiger partial charge is 0.481 e. The normalized spacial score (nSPS) is 10.5. The summed E-state index contributed by atoms with van der Waals surface area (Å²) in [5.74, 6) is -2.37. The fraction of sp³-hybridized carbons (Fsp3) is 0.400. The van der Waals surface area contributed by atoms with E-state index in [2.05, 4.69) is 0 Å². The van der Waals surface area contributed by atoms with Crippen LogP contribution in [0.3, 0.4) is 0 Å². The van der Waals surface area contributed by atoms with E-state index in [0.29, 0.717) is 29.2 Å². The Morgan fingerprint density at radius 2 is 1.35 bits per heavy atom. The van der Waals surface area contributed by atoms with E-state index in [1.165, 1.54) is 0 Å². The number of carbonyl (C=O) groups excluding carboxylic acids is 1. The number of carbonyl (C=O) groups is 3. The summed E-state index contributed by atoms with van der Waals surface area (Å²) < 4.78 is 0. The summed E-state index contributed by atoms with van der Waals surface area (Å²) in [7, 11) is -0.872. The molecule has 1 amide bonds. The summed E-state index contributed by atoms with van der Waals surface area (Å²) in [5, 5.41) is 27.9. The predicted molar refractivity (Wildman–Crippen MR) is 86.4 cm³/mol. The van der Waals surface area contributed by atoms with Crippen LogP contribution in [0.4, 0.5) is 5.69 Å². The Morgan fingerprint density at radius 1 is 0.870 bits per heavy atom. The van der Waals surface area contributed by atoms with Gasteiger partial charge >= 0.3 is 11.9 Å². The first-order valence-electron chi connectivity index (χ1n) is 7.13.